The van der Waals surface area contributed by atoms with E-state index in [9.17, 15) is 0 Å². The smallest absolute Gasteiger partial charge is 0.155 e. The molecule has 0 fully saturated rings. The summed E-state index contributed by atoms with van der Waals surface area (Å²) < 4.78 is 6.89. The highest BCUT2D eigenvalue weighted by molar-refractivity contribution is 5.40. The first-order chi connectivity index (χ1) is 7.69. The third-order valence-corrected chi connectivity index (χ3v) is 2.37. The van der Waals surface area contributed by atoms with Crippen molar-refractivity contribution in [3.05, 3.63) is 24.2 Å². The maximum atomic E-state index is 5.13. The van der Waals surface area contributed by atoms with E-state index in [0.717, 1.165) is 30.2 Å². The van der Waals surface area contributed by atoms with Gasteiger partial charge in [0.2, 0.25) is 0 Å². The van der Waals surface area contributed by atoms with Crippen molar-refractivity contribution in [3.63, 3.8) is 0 Å². The largest absolute Gasteiger partial charge is 0.495 e. The molecule has 0 unspecified atom stereocenters. The number of pyridine rings is 1. The van der Waals surface area contributed by atoms with E-state index in [1.165, 1.54) is 0 Å². The predicted octanol–water partition coefficient (Wildman–Crippen LogP) is 0.842. The maximum Gasteiger partial charge on any atom is 0.155 e. The second-order valence-corrected chi connectivity index (χ2v) is 3.95. The van der Waals surface area contributed by atoms with Crippen molar-refractivity contribution in [2.45, 2.75) is 6.42 Å². The Balaban J connectivity index is 2.22. The molecule has 2 aromatic heterocycles. The molecule has 2 aromatic rings. The summed E-state index contributed by atoms with van der Waals surface area (Å²) in [6, 6.07) is 3.80. The fourth-order valence-electron chi connectivity index (χ4n) is 1.46. The average Bonchev–Trinajstić information content (AvgIpc) is 2.67. The van der Waals surface area contributed by atoms with Gasteiger partial charge in [-0.05, 0) is 26.2 Å². The number of rotatable bonds is 4. The number of hydrogen-bond donors (Lipinski definition) is 0. The number of methoxy groups -OCH3 is 1. The van der Waals surface area contributed by atoms with Crippen LogP contribution >= 0.6 is 0 Å². The molecule has 5 heteroatoms. The molecular formula is C11H16N4O. The third kappa shape index (κ3) is 2.30. The lowest BCUT2D eigenvalue weighted by molar-refractivity contribution is 0.408. The Bertz CT molecular complexity index is 478. The van der Waals surface area contributed by atoms with Crippen LogP contribution in [0.2, 0.25) is 0 Å². The Morgan fingerprint density at radius 2 is 2.19 bits per heavy atom. The van der Waals surface area contributed by atoms with Crippen molar-refractivity contribution in [1.29, 1.82) is 0 Å². The Kier molecular flexibility index (Phi) is 3.05. The first kappa shape index (κ1) is 10.9. The zero-order valence-electron chi connectivity index (χ0n) is 9.84. The molecule has 0 aromatic carbocycles. The van der Waals surface area contributed by atoms with Crippen LogP contribution < -0.4 is 4.74 Å². The van der Waals surface area contributed by atoms with Gasteiger partial charge in [-0.1, -0.05) is 0 Å². The lowest BCUT2D eigenvalue weighted by Gasteiger charge is -2.05. The van der Waals surface area contributed by atoms with Gasteiger partial charge in [-0.2, -0.15) is 5.10 Å². The Hall–Kier alpha value is -1.62. The van der Waals surface area contributed by atoms with Crippen molar-refractivity contribution >= 4 is 5.65 Å². The molecule has 0 N–H and O–H groups in total. The van der Waals surface area contributed by atoms with Crippen molar-refractivity contribution in [1.82, 2.24) is 19.5 Å². The summed E-state index contributed by atoms with van der Waals surface area (Å²) in [5.41, 5.74) is 0.856. The number of aromatic nitrogens is 3. The van der Waals surface area contributed by atoms with Crippen molar-refractivity contribution in [2.24, 2.45) is 0 Å². The monoisotopic (exact) mass is 220 g/mol. The predicted molar refractivity (Wildman–Crippen MR) is 61.8 cm³/mol. The minimum Gasteiger partial charge on any atom is -0.495 e. The van der Waals surface area contributed by atoms with E-state index in [4.69, 9.17) is 4.74 Å². The van der Waals surface area contributed by atoms with E-state index < -0.39 is 0 Å². The van der Waals surface area contributed by atoms with Crippen LogP contribution in [-0.2, 0) is 6.42 Å². The van der Waals surface area contributed by atoms with Crippen molar-refractivity contribution < 1.29 is 4.74 Å². The van der Waals surface area contributed by atoms with Gasteiger partial charge >= 0.3 is 0 Å². The highest BCUT2D eigenvalue weighted by Crippen LogP contribution is 2.11. The molecule has 2 heterocycles. The Morgan fingerprint density at radius 1 is 1.38 bits per heavy atom. The van der Waals surface area contributed by atoms with Crippen LogP contribution in [0.25, 0.3) is 5.65 Å². The number of ether oxygens (including phenoxy) is 1. The minimum atomic E-state index is 0.788. The van der Waals surface area contributed by atoms with Gasteiger partial charge in [0.15, 0.2) is 11.5 Å². The van der Waals surface area contributed by atoms with Crippen LogP contribution in [-0.4, -0.2) is 47.2 Å². The summed E-state index contributed by atoms with van der Waals surface area (Å²) in [7, 11) is 5.72. The number of hydrogen-bond acceptors (Lipinski definition) is 4. The fraction of sp³-hybridized carbons (Fsp3) is 0.455. The van der Waals surface area contributed by atoms with Crippen LogP contribution in [0.5, 0.6) is 5.75 Å². The van der Waals surface area contributed by atoms with E-state index in [2.05, 4.69) is 15.0 Å². The molecule has 86 valence electrons. The summed E-state index contributed by atoms with van der Waals surface area (Å²) in [6.07, 6.45) is 2.69. The first-order valence-corrected chi connectivity index (χ1v) is 5.23. The average molecular weight is 220 g/mol. The summed E-state index contributed by atoms with van der Waals surface area (Å²) in [4.78, 5) is 6.55. The molecule has 5 nitrogen and oxygen atoms in total. The molecule has 0 atom stereocenters. The second-order valence-electron chi connectivity index (χ2n) is 3.95. The van der Waals surface area contributed by atoms with E-state index in [1.54, 1.807) is 11.6 Å². The van der Waals surface area contributed by atoms with Gasteiger partial charge < -0.3 is 9.64 Å². The molecule has 0 aliphatic carbocycles. The zero-order chi connectivity index (χ0) is 11.5. The lowest BCUT2D eigenvalue weighted by atomic mass is 10.4. The first-order valence-electron chi connectivity index (χ1n) is 5.23. The zero-order valence-corrected chi connectivity index (χ0v) is 9.84. The molecule has 0 spiro atoms. The summed E-state index contributed by atoms with van der Waals surface area (Å²) in [5, 5.41) is 4.39. The quantitative estimate of drug-likeness (QED) is 0.766. The maximum absolute atomic E-state index is 5.13. The molecule has 16 heavy (non-hydrogen) atoms. The van der Waals surface area contributed by atoms with Crippen LogP contribution in [0.1, 0.15) is 5.82 Å². The molecule has 0 aliphatic rings. The second kappa shape index (κ2) is 4.49. The van der Waals surface area contributed by atoms with Gasteiger partial charge in [0.05, 0.1) is 13.3 Å². The van der Waals surface area contributed by atoms with Gasteiger partial charge in [-0.15, -0.1) is 0 Å². The van der Waals surface area contributed by atoms with Gasteiger partial charge in [-0.3, -0.25) is 0 Å². The molecule has 0 aliphatic heterocycles. The molecule has 0 saturated carbocycles. The lowest BCUT2D eigenvalue weighted by Crippen LogP contribution is -2.15. The molecule has 0 radical (unpaired) electrons. The van der Waals surface area contributed by atoms with Crippen LogP contribution in [0, 0.1) is 0 Å². The molecule has 2 rings (SSSR count). The van der Waals surface area contributed by atoms with Crippen molar-refractivity contribution in [2.75, 3.05) is 27.7 Å². The summed E-state index contributed by atoms with van der Waals surface area (Å²) in [6.45, 7) is 0.952. The number of nitrogens with zero attached hydrogens (tertiary/aromatic N) is 4. The highest BCUT2D eigenvalue weighted by atomic mass is 16.5. The summed E-state index contributed by atoms with van der Waals surface area (Å²) in [5.74, 6) is 1.65. The Labute approximate surface area is 94.7 Å². The highest BCUT2D eigenvalue weighted by Gasteiger charge is 2.04. The third-order valence-electron chi connectivity index (χ3n) is 2.37. The van der Waals surface area contributed by atoms with Gasteiger partial charge in [0, 0.05) is 13.0 Å². The van der Waals surface area contributed by atoms with Crippen molar-refractivity contribution in [3.8, 4) is 5.75 Å². The van der Waals surface area contributed by atoms with Gasteiger partial charge in [-0.25, -0.2) is 9.50 Å². The number of fused-ring (bicyclic) bond motifs is 1. The molecule has 0 amide bonds. The normalized spacial score (nSPS) is 11.2. The van der Waals surface area contributed by atoms with E-state index in [0.29, 0.717) is 0 Å². The standard InChI is InChI=1S/C11H16N4O/c1-14(2)7-6-10-12-11-5-4-9(16-3)8-15(11)13-10/h4-5,8H,6-7H2,1-3H3. The van der Waals surface area contributed by atoms with Crippen LogP contribution in [0.4, 0.5) is 0 Å². The summed E-state index contributed by atoms with van der Waals surface area (Å²) >= 11 is 0. The number of likely N-dealkylation sites (N-methyl/N-ethyl adjacent to an activating group) is 1. The Morgan fingerprint density at radius 3 is 2.88 bits per heavy atom. The SMILES string of the molecule is COc1ccc2nc(CCN(C)C)nn2c1. The fourth-order valence-corrected chi connectivity index (χ4v) is 1.46. The van der Waals surface area contributed by atoms with E-state index >= 15 is 0 Å². The molecule has 0 bridgehead atoms. The van der Waals surface area contributed by atoms with Gasteiger partial charge in [0.1, 0.15) is 5.75 Å². The van der Waals surface area contributed by atoms with E-state index in [-0.39, 0.29) is 0 Å². The van der Waals surface area contributed by atoms with Crippen LogP contribution in [0.3, 0.4) is 0 Å². The molecule has 0 saturated heterocycles. The topological polar surface area (TPSA) is 42.7 Å². The van der Waals surface area contributed by atoms with Crippen LogP contribution in [0.15, 0.2) is 18.3 Å². The van der Waals surface area contributed by atoms with E-state index in [1.807, 2.05) is 32.4 Å². The van der Waals surface area contributed by atoms with Gasteiger partial charge in [0.25, 0.3) is 0 Å². The minimum absolute atomic E-state index is 0.788. The molecular weight excluding hydrogens is 204 g/mol.